The molecule has 2 aliphatic rings. The number of hydrogen-bond acceptors (Lipinski definition) is 2. The summed E-state index contributed by atoms with van der Waals surface area (Å²) in [6, 6.07) is 0.483. The molecule has 0 spiro atoms. The minimum Gasteiger partial charge on any atom is -0.339 e. The van der Waals surface area contributed by atoms with E-state index in [1.54, 1.807) is 0 Å². The van der Waals surface area contributed by atoms with Crippen LogP contribution in [0.5, 0.6) is 0 Å². The van der Waals surface area contributed by atoms with Gasteiger partial charge in [-0.3, -0.25) is 4.79 Å². The molecule has 1 saturated carbocycles. The van der Waals surface area contributed by atoms with Crippen LogP contribution in [0.3, 0.4) is 0 Å². The second kappa shape index (κ2) is 5.08. The fraction of sp³-hybridized carbons (Fsp3) is 0.938. The van der Waals surface area contributed by atoms with Crippen LogP contribution in [0.4, 0.5) is 0 Å². The van der Waals surface area contributed by atoms with Gasteiger partial charge in [-0.05, 0) is 59.3 Å². The highest BCUT2D eigenvalue weighted by atomic mass is 16.2. The number of amides is 1. The monoisotopic (exact) mass is 266 g/mol. The van der Waals surface area contributed by atoms with Crippen LogP contribution < -0.4 is 5.73 Å². The molecule has 3 heteroatoms. The summed E-state index contributed by atoms with van der Waals surface area (Å²) >= 11 is 0. The molecule has 0 aromatic heterocycles. The molecular formula is C16H30N2O. The van der Waals surface area contributed by atoms with Crippen LogP contribution in [0.2, 0.25) is 0 Å². The first-order valence-electron chi connectivity index (χ1n) is 7.85. The van der Waals surface area contributed by atoms with Gasteiger partial charge in [0.2, 0.25) is 5.91 Å². The molecular weight excluding hydrogens is 236 g/mol. The second-order valence-electron chi connectivity index (χ2n) is 7.60. The van der Waals surface area contributed by atoms with E-state index in [4.69, 9.17) is 5.73 Å². The van der Waals surface area contributed by atoms with Crippen molar-refractivity contribution in [3.63, 3.8) is 0 Å². The number of nitrogens with two attached hydrogens (primary N) is 1. The first-order valence-corrected chi connectivity index (χ1v) is 7.85. The normalized spacial score (nSPS) is 26.2. The van der Waals surface area contributed by atoms with E-state index in [0.717, 1.165) is 18.9 Å². The van der Waals surface area contributed by atoms with Gasteiger partial charge in [-0.15, -0.1) is 0 Å². The standard InChI is InChI=1S/C16H30N2O/c1-15(2,16(3,4)17)14(19)18-11-7-10-13(18)12-8-5-6-9-12/h12-13H,5-11,17H2,1-4H3. The quantitative estimate of drug-likeness (QED) is 0.853. The number of carbonyl (C=O) groups is 1. The molecule has 2 fully saturated rings. The van der Waals surface area contributed by atoms with E-state index in [-0.39, 0.29) is 5.91 Å². The van der Waals surface area contributed by atoms with Crippen molar-refractivity contribution in [3.05, 3.63) is 0 Å². The molecule has 0 bridgehead atoms. The Balaban J connectivity index is 2.13. The highest BCUT2D eigenvalue weighted by molar-refractivity contribution is 5.84. The van der Waals surface area contributed by atoms with Crippen molar-refractivity contribution in [2.45, 2.75) is 77.8 Å². The molecule has 1 atom stereocenters. The van der Waals surface area contributed by atoms with Crippen molar-refractivity contribution in [2.75, 3.05) is 6.54 Å². The van der Waals surface area contributed by atoms with Gasteiger partial charge in [0.1, 0.15) is 0 Å². The number of carbonyl (C=O) groups excluding carboxylic acids is 1. The van der Waals surface area contributed by atoms with Gasteiger partial charge < -0.3 is 10.6 Å². The highest BCUT2D eigenvalue weighted by Gasteiger charge is 2.46. The van der Waals surface area contributed by atoms with E-state index in [2.05, 4.69) is 4.90 Å². The van der Waals surface area contributed by atoms with Crippen molar-refractivity contribution in [1.82, 2.24) is 4.90 Å². The van der Waals surface area contributed by atoms with Gasteiger partial charge in [-0.1, -0.05) is 12.8 Å². The van der Waals surface area contributed by atoms with Crippen LogP contribution in [0.1, 0.15) is 66.2 Å². The Hall–Kier alpha value is -0.570. The summed E-state index contributed by atoms with van der Waals surface area (Å²) in [6.45, 7) is 8.86. The molecule has 2 rings (SSSR count). The van der Waals surface area contributed by atoms with Gasteiger partial charge in [-0.25, -0.2) is 0 Å². The lowest BCUT2D eigenvalue weighted by atomic mass is 9.74. The molecule has 19 heavy (non-hydrogen) atoms. The van der Waals surface area contributed by atoms with Gasteiger partial charge in [-0.2, -0.15) is 0 Å². The Morgan fingerprint density at radius 2 is 1.63 bits per heavy atom. The van der Waals surface area contributed by atoms with Crippen LogP contribution in [-0.4, -0.2) is 28.9 Å². The second-order valence-corrected chi connectivity index (χ2v) is 7.60. The Bertz CT molecular complexity index is 337. The fourth-order valence-corrected chi connectivity index (χ4v) is 3.51. The van der Waals surface area contributed by atoms with Crippen LogP contribution >= 0.6 is 0 Å². The third-order valence-electron chi connectivity index (χ3n) is 5.65. The van der Waals surface area contributed by atoms with E-state index >= 15 is 0 Å². The molecule has 1 amide bonds. The number of hydrogen-bond donors (Lipinski definition) is 1. The lowest BCUT2D eigenvalue weighted by Crippen LogP contribution is -2.57. The molecule has 1 aliphatic heterocycles. The highest BCUT2D eigenvalue weighted by Crippen LogP contribution is 2.39. The molecule has 2 N–H and O–H groups in total. The predicted octanol–water partition coefficient (Wildman–Crippen LogP) is 2.93. The first kappa shape index (κ1) is 14.8. The van der Waals surface area contributed by atoms with Gasteiger partial charge in [0, 0.05) is 18.1 Å². The lowest BCUT2D eigenvalue weighted by molar-refractivity contribution is -0.145. The largest absolute Gasteiger partial charge is 0.339 e. The molecule has 0 aromatic carbocycles. The Morgan fingerprint density at radius 3 is 2.16 bits per heavy atom. The zero-order chi connectivity index (χ0) is 14.3. The topological polar surface area (TPSA) is 46.3 Å². The van der Waals surface area contributed by atoms with E-state index in [0.29, 0.717) is 6.04 Å². The van der Waals surface area contributed by atoms with E-state index in [1.165, 1.54) is 32.1 Å². The minimum atomic E-state index is -0.492. The Morgan fingerprint density at radius 1 is 1.05 bits per heavy atom. The summed E-state index contributed by atoms with van der Waals surface area (Å²) in [5.74, 6) is 0.998. The molecule has 0 aromatic rings. The maximum Gasteiger partial charge on any atom is 0.230 e. The number of rotatable bonds is 3. The smallest absolute Gasteiger partial charge is 0.230 e. The van der Waals surface area contributed by atoms with Crippen LogP contribution in [0.25, 0.3) is 0 Å². The van der Waals surface area contributed by atoms with Gasteiger partial charge in [0.25, 0.3) is 0 Å². The zero-order valence-corrected chi connectivity index (χ0v) is 13.0. The predicted molar refractivity (Wildman–Crippen MR) is 78.7 cm³/mol. The number of nitrogens with zero attached hydrogens (tertiary/aromatic N) is 1. The molecule has 3 nitrogen and oxygen atoms in total. The lowest BCUT2D eigenvalue weighted by Gasteiger charge is -2.42. The summed E-state index contributed by atoms with van der Waals surface area (Å²) in [6.07, 6.45) is 7.65. The molecule has 1 saturated heterocycles. The Labute approximate surface area is 117 Å². The summed E-state index contributed by atoms with van der Waals surface area (Å²) in [5, 5.41) is 0. The van der Waals surface area contributed by atoms with Crippen molar-refractivity contribution >= 4 is 5.91 Å². The van der Waals surface area contributed by atoms with Crippen molar-refractivity contribution in [3.8, 4) is 0 Å². The summed E-state index contributed by atoms with van der Waals surface area (Å²) in [5.41, 5.74) is 5.26. The summed E-state index contributed by atoms with van der Waals surface area (Å²) in [7, 11) is 0. The third-order valence-corrected chi connectivity index (χ3v) is 5.65. The van der Waals surface area contributed by atoms with Crippen molar-refractivity contribution < 1.29 is 4.79 Å². The third kappa shape index (κ3) is 2.67. The average molecular weight is 266 g/mol. The van der Waals surface area contributed by atoms with Crippen LogP contribution in [0.15, 0.2) is 0 Å². The number of likely N-dealkylation sites (tertiary alicyclic amines) is 1. The molecule has 110 valence electrons. The maximum atomic E-state index is 12.9. The van der Waals surface area contributed by atoms with Gasteiger partial charge in [0.05, 0.1) is 5.41 Å². The van der Waals surface area contributed by atoms with Gasteiger partial charge in [0.15, 0.2) is 0 Å². The minimum absolute atomic E-state index is 0.259. The average Bonchev–Trinajstić information content (AvgIpc) is 2.96. The van der Waals surface area contributed by atoms with E-state index in [9.17, 15) is 4.79 Å². The fourth-order valence-electron chi connectivity index (χ4n) is 3.51. The Kier molecular flexibility index (Phi) is 3.97. The van der Waals surface area contributed by atoms with Crippen LogP contribution in [-0.2, 0) is 4.79 Å². The SMILES string of the molecule is CC(C)(N)C(C)(C)C(=O)N1CCCC1C1CCCC1. The van der Waals surface area contributed by atoms with E-state index in [1.807, 2.05) is 27.7 Å². The molecule has 1 aliphatic carbocycles. The van der Waals surface area contributed by atoms with Crippen LogP contribution in [0, 0.1) is 11.3 Å². The van der Waals surface area contributed by atoms with Gasteiger partial charge >= 0.3 is 0 Å². The maximum absolute atomic E-state index is 12.9. The molecule has 0 radical (unpaired) electrons. The summed E-state index contributed by atoms with van der Waals surface area (Å²) < 4.78 is 0. The first-order chi connectivity index (χ1) is 8.75. The van der Waals surface area contributed by atoms with E-state index < -0.39 is 11.0 Å². The summed E-state index contributed by atoms with van der Waals surface area (Å²) in [4.78, 5) is 15.1. The molecule has 1 unspecified atom stereocenters. The molecule has 1 heterocycles. The zero-order valence-electron chi connectivity index (χ0n) is 13.0. The van der Waals surface area contributed by atoms with Crippen molar-refractivity contribution in [2.24, 2.45) is 17.1 Å². The van der Waals surface area contributed by atoms with Crippen molar-refractivity contribution in [1.29, 1.82) is 0 Å².